The number of sulfonamides is 1. The molecule has 8 nitrogen and oxygen atoms in total. The number of rotatable bonds is 5. The van der Waals surface area contributed by atoms with E-state index >= 15 is 0 Å². The van der Waals surface area contributed by atoms with E-state index < -0.39 is 26.6 Å². The molecule has 1 fully saturated rings. The molecule has 0 amide bonds. The smallest absolute Gasteiger partial charge is 0.264 e. The average Bonchev–Trinajstić information content (AvgIpc) is 2.74. The molecule has 2 aromatic heterocycles. The van der Waals surface area contributed by atoms with Crippen molar-refractivity contribution >= 4 is 27.5 Å². The zero-order chi connectivity index (χ0) is 21.1. The van der Waals surface area contributed by atoms with Crippen LogP contribution in [0, 0.1) is 11.6 Å². The average molecular weight is 432 g/mol. The number of piperazine rings is 1. The third-order valence-electron chi connectivity index (χ3n) is 4.61. The molecule has 0 aliphatic carbocycles. The Kier molecular flexibility index (Phi) is 5.44. The Balaban J connectivity index is 1.41. The molecule has 0 saturated carbocycles. The Morgan fingerprint density at radius 1 is 0.900 bits per heavy atom. The SMILES string of the molecule is O=S(=O)(Nc1cnc(N2CCN(c3ccccn3)CC2)nc1)c1ccc(F)cc1F. The number of benzene rings is 1. The summed E-state index contributed by atoms with van der Waals surface area (Å²) in [5, 5.41) is 0. The van der Waals surface area contributed by atoms with Gasteiger partial charge in [-0.3, -0.25) is 4.72 Å². The molecule has 1 aliphatic heterocycles. The summed E-state index contributed by atoms with van der Waals surface area (Å²) >= 11 is 0. The number of hydrogen-bond donors (Lipinski definition) is 1. The molecule has 0 spiro atoms. The number of pyridine rings is 1. The summed E-state index contributed by atoms with van der Waals surface area (Å²) in [5.74, 6) is -0.657. The second-order valence-electron chi connectivity index (χ2n) is 6.61. The van der Waals surface area contributed by atoms with Crippen molar-refractivity contribution in [2.75, 3.05) is 40.7 Å². The van der Waals surface area contributed by atoms with Crippen LogP contribution in [-0.4, -0.2) is 49.5 Å². The van der Waals surface area contributed by atoms with E-state index in [4.69, 9.17) is 0 Å². The molecule has 156 valence electrons. The lowest BCUT2D eigenvalue weighted by Crippen LogP contribution is -2.47. The van der Waals surface area contributed by atoms with Crippen molar-refractivity contribution in [3.8, 4) is 0 Å². The summed E-state index contributed by atoms with van der Waals surface area (Å²) in [6.07, 6.45) is 4.38. The first kappa shape index (κ1) is 20.0. The maximum Gasteiger partial charge on any atom is 0.264 e. The Labute approximate surface area is 172 Å². The first-order valence-electron chi connectivity index (χ1n) is 9.13. The first-order chi connectivity index (χ1) is 14.4. The van der Waals surface area contributed by atoms with Gasteiger partial charge in [0.1, 0.15) is 22.3 Å². The fourth-order valence-electron chi connectivity index (χ4n) is 3.12. The second-order valence-corrected chi connectivity index (χ2v) is 8.26. The van der Waals surface area contributed by atoms with Crippen LogP contribution in [0.5, 0.6) is 0 Å². The van der Waals surface area contributed by atoms with Crippen molar-refractivity contribution < 1.29 is 17.2 Å². The van der Waals surface area contributed by atoms with Crippen molar-refractivity contribution in [2.45, 2.75) is 4.90 Å². The van der Waals surface area contributed by atoms with Crippen LogP contribution in [0.3, 0.4) is 0 Å². The molecule has 0 radical (unpaired) electrons. The van der Waals surface area contributed by atoms with E-state index in [0.717, 1.165) is 31.0 Å². The normalized spacial score (nSPS) is 14.6. The van der Waals surface area contributed by atoms with Gasteiger partial charge in [-0.2, -0.15) is 0 Å². The van der Waals surface area contributed by atoms with E-state index in [1.165, 1.54) is 12.4 Å². The molecule has 3 aromatic rings. The topological polar surface area (TPSA) is 91.3 Å². The third kappa shape index (κ3) is 4.30. The minimum absolute atomic E-state index is 0.0783. The van der Waals surface area contributed by atoms with Crippen molar-refractivity contribution in [3.63, 3.8) is 0 Å². The quantitative estimate of drug-likeness (QED) is 0.661. The number of anilines is 3. The molecular formula is C19H18F2N6O2S. The molecule has 1 aliphatic rings. The maximum atomic E-state index is 13.8. The van der Waals surface area contributed by atoms with Crippen molar-refractivity contribution in [1.82, 2.24) is 15.0 Å². The van der Waals surface area contributed by atoms with Crippen molar-refractivity contribution in [1.29, 1.82) is 0 Å². The fourth-order valence-corrected chi connectivity index (χ4v) is 4.21. The van der Waals surface area contributed by atoms with Gasteiger partial charge < -0.3 is 9.80 Å². The Morgan fingerprint density at radius 3 is 2.23 bits per heavy atom. The van der Waals surface area contributed by atoms with Gasteiger partial charge in [-0.25, -0.2) is 32.2 Å². The van der Waals surface area contributed by atoms with E-state index in [0.29, 0.717) is 25.1 Å². The van der Waals surface area contributed by atoms with Gasteiger partial charge in [-0.15, -0.1) is 0 Å². The maximum absolute atomic E-state index is 13.8. The van der Waals surface area contributed by atoms with Gasteiger partial charge in [0, 0.05) is 38.4 Å². The summed E-state index contributed by atoms with van der Waals surface area (Å²) in [5.41, 5.74) is 0.0783. The van der Waals surface area contributed by atoms with Crippen LogP contribution in [0.1, 0.15) is 0 Å². The van der Waals surface area contributed by atoms with Crippen LogP contribution in [0.15, 0.2) is 59.9 Å². The summed E-state index contributed by atoms with van der Waals surface area (Å²) < 4.78 is 53.7. The highest BCUT2D eigenvalue weighted by molar-refractivity contribution is 7.92. The van der Waals surface area contributed by atoms with E-state index in [2.05, 4.69) is 24.6 Å². The molecule has 0 unspecified atom stereocenters. The summed E-state index contributed by atoms with van der Waals surface area (Å²) in [7, 11) is -4.24. The van der Waals surface area contributed by atoms with E-state index in [1.807, 2.05) is 23.1 Å². The van der Waals surface area contributed by atoms with Gasteiger partial charge in [-0.1, -0.05) is 6.07 Å². The predicted octanol–water partition coefficient (Wildman–Crippen LogP) is 2.28. The van der Waals surface area contributed by atoms with Crippen LogP contribution in [0.2, 0.25) is 0 Å². The van der Waals surface area contributed by atoms with Crippen LogP contribution in [-0.2, 0) is 10.0 Å². The molecular weight excluding hydrogens is 414 g/mol. The molecule has 1 N–H and O–H groups in total. The lowest BCUT2D eigenvalue weighted by Gasteiger charge is -2.35. The standard InChI is InChI=1S/C19H18F2N6O2S/c20-14-4-5-17(16(21)11-14)30(28,29)25-15-12-23-19(24-13-15)27-9-7-26(8-10-27)18-3-1-2-6-22-18/h1-6,11-13,25H,7-10H2. The highest BCUT2D eigenvalue weighted by Gasteiger charge is 2.22. The van der Waals surface area contributed by atoms with Gasteiger partial charge in [0.05, 0.1) is 18.1 Å². The molecule has 4 rings (SSSR count). The minimum Gasteiger partial charge on any atom is -0.353 e. The molecule has 30 heavy (non-hydrogen) atoms. The Bertz CT molecular complexity index is 1120. The summed E-state index contributed by atoms with van der Waals surface area (Å²) in [6.45, 7) is 2.86. The van der Waals surface area contributed by atoms with Gasteiger partial charge in [-0.05, 0) is 24.3 Å². The molecule has 1 saturated heterocycles. The largest absolute Gasteiger partial charge is 0.353 e. The van der Waals surface area contributed by atoms with Crippen LogP contribution < -0.4 is 14.5 Å². The van der Waals surface area contributed by atoms with Crippen molar-refractivity contribution in [2.24, 2.45) is 0 Å². The zero-order valence-electron chi connectivity index (χ0n) is 15.7. The van der Waals surface area contributed by atoms with Gasteiger partial charge >= 0.3 is 0 Å². The number of aromatic nitrogens is 3. The lowest BCUT2D eigenvalue weighted by molar-refractivity contribution is 0.551. The molecule has 11 heteroatoms. The predicted molar refractivity (Wildman–Crippen MR) is 108 cm³/mol. The Hall–Kier alpha value is -3.34. The van der Waals surface area contributed by atoms with Crippen LogP contribution in [0.4, 0.5) is 26.2 Å². The number of halogens is 2. The number of hydrogen-bond acceptors (Lipinski definition) is 7. The third-order valence-corrected chi connectivity index (χ3v) is 6.02. The van der Waals surface area contributed by atoms with Crippen molar-refractivity contribution in [3.05, 3.63) is 66.6 Å². The van der Waals surface area contributed by atoms with Gasteiger partial charge in [0.15, 0.2) is 0 Å². The Morgan fingerprint density at radius 2 is 1.60 bits per heavy atom. The molecule has 3 heterocycles. The summed E-state index contributed by atoms with van der Waals surface area (Å²) in [6, 6.07) is 8.02. The molecule has 1 aromatic carbocycles. The molecule has 0 atom stereocenters. The van der Waals surface area contributed by atoms with E-state index in [1.54, 1.807) is 6.20 Å². The lowest BCUT2D eigenvalue weighted by atomic mass is 10.3. The first-order valence-corrected chi connectivity index (χ1v) is 10.6. The van der Waals surface area contributed by atoms with Gasteiger partial charge in [0.2, 0.25) is 5.95 Å². The van der Waals surface area contributed by atoms with Gasteiger partial charge in [0.25, 0.3) is 10.0 Å². The molecule has 0 bridgehead atoms. The van der Waals surface area contributed by atoms with E-state index in [9.17, 15) is 17.2 Å². The fraction of sp³-hybridized carbons (Fsp3) is 0.211. The summed E-state index contributed by atoms with van der Waals surface area (Å²) in [4.78, 5) is 16.3. The van der Waals surface area contributed by atoms with Crippen LogP contribution in [0.25, 0.3) is 0 Å². The number of nitrogens with zero attached hydrogens (tertiary/aromatic N) is 5. The number of nitrogens with one attached hydrogen (secondary N) is 1. The van der Waals surface area contributed by atoms with E-state index in [-0.39, 0.29) is 5.69 Å². The zero-order valence-corrected chi connectivity index (χ0v) is 16.6. The van der Waals surface area contributed by atoms with Crippen LogP contribution >= 0.6 is 0 Å². The monoisotopic (exact) mass is 432 g/mol. The highest BCUT2D eigenvalue weighted by atomic mass is 32.2. The minimum atomic E-state index is -4.24. The highest BCUT2D eigenvalue weighted by Crippen LogP contribution is 2.20. The second kappa shape index (κ2) is 8.19.